The van der Waals surface area contributed by atoms with Gasteiger partial charge in [0.05, 0.1) is 0 Å². The maximum atomic E-state index is 13.1. The van der Waals surface area contributed by atoms with E-state index in [4.69, 9.17) is 4.74 Å². The molecule has 0 amide bonds. The minimum atomic E-state index is -0.994. The van der Waals surface area contributed by atoms with Crippen molar-refractivity contribution in [3.8, 4) is 0 Å². The van der Waals surface area contributed by atoms with Crippen LogP contribution in [0.4, 0.5) is 0 Å². The molecule has 0 fully saturated rings. The fraction of sp³-hybridized carbons (Fsp3) is 0.350. The summed E-state index contributed by atoms with van der Waals surface area (Å²) in [6.07, 6.45) is 2.41. The molecular weight excluding hydrogens is 272 g/mol. The molecule has 0 spiro atoms. The number of unbranched alkanes of at least 4 members (excludes halogenated alkanes) is 1. The van der Waals surface area contributed by atoms with Gasteiger partial charge >= 0.3 is 0 Å². The largest absolute Gasteiger partial charge is 0.358 e. The van der Waals surface area contributed by atoms with Crippen LogP contribution in [0.25, 0.3) is 0 Å². The van der Waals surface area contributed by atoms with E-state index in [1.807, 2.05) is 67.6 Å². The van der Waals surface area contributed by atoms with Crippen LogP contribution in [0.5, 0.6) is 0 Å². The number of carbonyl (C=O) groups is 1. The normalized spacial score (nSPS) is 11.4. The Morgan fingerprint density at radius 3 is 1.82 bits per heavy atom. The number of carbonyl (C=O) groups excluding carboxylic acids is 1. The van der Waals surface area contributed by atoms with E-state index in [0.29, 0.717) is 13.0 Å². The van der Waals surface area contributed by atoms with Crippen molar-refractivity contribution < 1.29 is 9.53 Å². The molecule has 0 unspecified atom stereocenters. The first kappa shape index (κ1) is 16.4. The maximum absolute atomic E-state index is 13.1. The number of benzene rings is 2. The van der Waals surface area contributed by atoms with Gasteiger partial charge in [-0.2, -0.15) is 0 Å². The molecule has 0 saturated carbocycles. The van der Waals surface area contributed by atoms with Crippen LogP contribution in [-0.4, -0.2) is 12.4 Å². The van der Waals surface area contributed by atoms with E-state index in [1.165, 1.54) is 0 Å². The first-order valence-corrected chi connectivity index (χ1v) is 8.04. The second-order valence-corrected chi connectivity index (χ2v) is 5.37. The van der Waals surface area contributed by atoms with Crippen LogP contribution in [-0.2, 0) is 15.1 Å². The minimum absolute atomic E-state index is 0.133. The first-order valence-electron chi connectivity index (χ1n) is 8.04. The van der Waals surface area contributed by atoms with Gasteiger partial charge in [-0.15, -0.1) is 0 Å². The molecule has 0 heterocycles. The summed E-state index contributed by atoms with van der Waals surface area (Å²) >= 11 is 0. The summed E-state index contributed by atoms with van der Waals surface area (Å²) in [5, 5.41) is 0. The second-order valence-electron chi connectivity index (χ2n) is 5.37. The molecule has 2 aromatic carbocycles. The van der Waals surface area contributed by atoms with Crippen LogP contribution in [0.15, 0.2) is 60.7 Å². The molecule has 0 aliphatic rings. The third-order valence-corrected chi connectivity index (χ3v) is 3.87. The van der Waals surface area contributed by atoms with Crippen LogP contribution in [0.1, 0.15) is 44.2 Å². The Labute approximate surface area is 133 Å². The lowest BCUT2D eigenvalue weighted by molar-refractivity contribution is -0.140. The van der Waals surface area contributed by atoms with Gasteiger partial charge in [-0.25, -0.2) is 0 Å². The third kappa shape index (κ3) is 3.28. The summed E-state index contributed by atoms with van der Waals surface area (Å²) in [6, 6.07) is 19.7. The van der Waals surface area contributed by atoms with Gasteiger partial charge in [-0.1, -0.05) is 74.0 Å². The molecule has 0 bridgehead atoms. The van der Waals surface area contributed by atoms with E-state index in [2.05, 4.69) is 6.92 Å². The van der Waals surface area contributed by atoms with Crippen molar-refractivity contribution in [1.82, 2.24) is 0 Å². The zero-order chi connectivity index (χ0) is 15.8. The summed E-state index contributed by atoms with van der Waals surface area (Å²) in [5.41, 5.74) is 0.820. The number of hydrogen-bond donors (Lipinski definition) is 0. The number of rotatable bonds is 8. The topological polar surface area (TPSA) is 26.3 Å². The molecule has 0 aromatic heterocycles. The zero-order valence-electron chi connectivity index (χ0n) is 13.4. The Morgan fingerprint density at radius 2 is 1.41 bits per heavy atom. The van der Waals surface area contributed by atoms with Crippen molar-refractivity contribution >= 4 is 5.78 Å². The van der Waals surface area contributed by atoms with Gasteiger partial charge in [0.25, 0.3) is 0 Å². The summed E-state index contributed by atoms with van der Waals surface area (Å²) < 4.78 is 6.11. The van der Waals surface area contributed by atoms with E-state index in [9.17, 15) is 4.79 Å². The van der Waals surface area contributed by atoms with Crippen LogP contribution >= 0.6 is 0 Å². The molecule has 2 rings (SSSR count). The molecule has 0 aliphatic heterocycles. The van der Waals surface area contributed by atoms with Crippen molar-refractivity contribution in [2.45, 2.75) is 38.7 Å². The van der Waals surface area contributed by atoms with Gasteiger partial charge in [-0.3, -0.25) is 4.79 Å². The van der Waals surface area contributed by atoms with Gasteiger partial charge in [0.15, 0.2) is 11.4 Å². The highest BCUT2D eigenvalue weighted by atomic mass is 16.5. The standard InChI is InChI=1S/C20H24O2/c1-3-5-16-19(21)20(22-4-2,17-12-8-6-9-13-17)18-14-10-7-11-15-18/h6-15H,3-5,16H2,1-2H3. The predicted molar refractivity (Wildman–Crippen MR) is 89.8 cm³/mol. The minimum Gasteiger partial charge on any atom is -0.358 e. The van der Waals surface area contributed by atoms with Crippen LogP contribution in [0.3, 0.4) is 0 Å². The zero-order valence-corrected chi connectivity index (χ0v) is 13.4. The van der Waals surface area contributed by atoms with Crippen LogP contribution < -0.4 is 0 Å². The van der Waals surface area contributed by atoms with Crippen molar-refractivity contribution in [3.05, 3.63) is 71.8 Å². The molecule has 2 nitrogen and oxygen atoms in total. The Balaban J connectivity index is 2.57. The average molecular weight is 296 g/mol. The highest BCUT2D eigenvalue weighted by Crippen LogP contribution is 2.36. The van der Waals surface area contributed by atoms with E-state index in [1.54, 1.807) is 0 Å². The van der Waals surface area contributed by atoms with Crippen LogP contribution in [0, 0.1) is 0 Å². The van der Waals surface area contributed by atoms with Crippen LogP contribution in [0.2, 0.25) is 0 Å². The highest BCUT2D eigenvalue weighted by Gasteiger charge is 2.41. The molecule has 0 aliphatic carbocycles. The fourth-order valence-electron chi connectivity index (χ4n) is 2.81. The summed E-state index contributed by atoms with van der Waals surface area (Å²) in [5.74, 6) is 0.133. The molecule has 0 N–H and O–H groups in total. The highest BCUT2D eigenvalue weighted by molar-refractivity contribution is 5.92. The number of ether oxygens (including phenoxy) is 1. The first-order chi connectivity index (χ1) is 10.8. The molecular formula is C20H24O2. The number of Topliss-reactive ketones (excluding diaryl/α,β-unsaturated/α-hetero) is 1. The van der Waals surface area contributed by atoms with Crippen molar-refractivity contribution in [2.24, 2.45) is 0 Å². The smallest absolute Gasteiger partial charge is 0.176 e. The van der Waals surface area contributed by atoms with E-state index in [-0.39, 0.29) is 5.78 Å². The fourth-order valence-corrected chi connectivity index (χ4v) is 2.81. The maximum Gasteiger partial charge on any atom is 0.176 e. The molecule has 2 aromatic rings. The molecule has 22 heavy (non-hydrogen) atoms. The third-order valence-electron chi connectivity index (χ3n) is 3.87. The van der Waals surface area contributed by atoms with Gasteiger partial charge in [0.2, 0.25) is 0 Å². The lowest BCUT2D eigenvalue weighted by Crippen LogP contribution is -2.40. The quantitative estimate of drug-likeness (QED) is 0.704. The number of ketones is 1. The van der Waals surface area contributed by atoms with Crippen molar-refractivity contribution in [3.63, 3.8) is 0 Å². The van der Waals surface area contributed by atoms with Gasteiger partial charge < -0.3 is 4.74 Å². The predicted octanol–water partition coefficient (Wildman–Crippen LogP) is 4.73. The monoisotopic (exact) mass is 296 g/mol. The van der Waals surface area contributed by atoms with Gasteiger partial charge in [-0.05, 0) is 24.5 Å². The molecule has 0 atom stereocenters. The van der Waals surface area contributed by atoms with E-state index in [0.717, 1.165) is 24.0 Å². The summed E-state index contributed by atoms with van der Waals surface area (Å²) in [6.45, 7) is 4.52. The molecule has 0 radical (unpaired) electrons. The summed E-state index contributed by atoms with van der Waals surface area (Å²) in [7, 11) is 0. The second kappa shape index (κ2) is 7.90. The average Bonchev–Trinajstić information content (AvgIpc) is 2.59. The molecule has 0 saturated heterocycles. The van der Waals surface area contributed by atoms with Crippen molar-refractivity contribution in [1.29, 1.82) is 0 Å². The van der Waals surface area contributed by atoms with E-state index >= 15 is 0 Å². The van der Waals surface area contributed by atoms with E-state index < -0.39 is 5.60 Å². The number of hydrogen-bond acceptors (Lipinski definition) is 2. The lowest BCUT2D eigenvalue weighted by Gasteiger charge is -2.33. The SMILES string of the molecule is CCCCC(=O)C(OCC)(c1ccccc1)c1ccccc1. The Morgan fingerprint density at radius 1 is 0.909 bits per heavy atom. The molecule has 116 valence electrons. The lowest BCUT2D eigenvalue weighted by atomic mass is 9.80. The van der Waals surface area contributed by atoms with Crippen molar-refractivity contribution in [2.75, 3.05) is 6.61 Å². The summed E-state index contributed by atoms with van der Waals surface area (Å²) in [4.78, 5) is 13.1. The molecule has 2 heteroatoms. The van der Waals surface area contributed by atoms with Gasteiger partial charge in [0, 0.05) is 13.0 Å². The Bertz CT molecular complexity index is 536. The Kier molecular flexibility index (Phi) is 5.91. The van der Waals surface area contributed by atoms with Gasteiger partial charge in [0.1, 0.15) is 0 Å². The Hall–Kier alpha value is -1.93.